The van der Waals surface area contributed by atoms with Gasteiger partial charge in [0.05, 0.1) is 11.9 Å². The summed E-state index contributed by atoms with van der Waals surface area (Å²) in [6.07, 6.45) is 3.73. The van der Waals surface area contributed by atoms with Crippen molar-refractivity contribution < 1.29 is 9.13 Å². The molecule has 2 heterocycles. The van der Waals surface area contributed by atoms with E-state index in [0.29, 0.717) is 29.5 Å². The van der Waals surface area contributed by atoms with Crippen LogP contribution in [0.3, 0.4) is 0 Å². The van der Waals surface area contributed by atoms with Crippen LogP contribution in [0.15, 0.2) is 24.5 Å². The van der Waals surface area contributed by atoms with Crippen LogP contribution in [0.2, 0.25) is 0 Å². The molecule has 2 aromatic rings. The molecule has 0 fully saturated rings. The van der Waals surface area contributed by atoms with E-state index >= 15 is 0 Å². The maximum absolute atomic E-state index is 13.3. The van der Waals surface area contributed by atoms with Crippen LogP contribution in [-0.2, 0) is 11.3 Å². The first-order chi connectivity index (χ1) is 9.72. The molecule has 1 N–H and O–H groups in total. The molecule has 0 unspecified atom stereocenters. The molecule has 6 heteroatoms. The molecule has 0 saturated heterocycles. The number of hydrogen-bond acceptors (Lipinski definition) is 5. The van der Waals surface area contributed by atoms with E-state index in [2.05, 4.69) is 27.2 Å². The number of rotatable bonds is 6. The zero-order valence-electron chi connectivity index (χ0n) is 11.6. The lowest BCUT2D eigenvalue weighted by Gasteiger charge is -2.09. The molecule has 0 atom stereocenters. The van der Waals surface area contributed by atoms with Crippen molar-refractivity contribution >= 4 is 5.82 Å². The number of methoxy groups -OCH3 is 1. The fourth-order valence-corrected chi connectivity index (χ4v) is 1.73. The molecule has 2 aromatic heterocycles. The Bertz CT molecular complexity index is 577. The number of aromatic nitrogens is 3. The number of nitrogens with zero attached hydrogens (tertiary/aromatic N) is 3. The number of pyridine rings is 1. The molecule has 0 aliphatic rings. The third-order valence-electron chi connectivity index (χ3n) is 2.60. The van der Waals surface area contributed by atoms with Crippen LogP contribution in [0.1, 0.15) is 19.2 Å². The summed E-state index contributed by atoms with van der Waals surface area (Å²) >= 11 is 0. The molecule has 5 nitrogen and oxygen atoms in total. The minimum absolute atomic E-state index is 0.303. The average molecular weight is 276 g/mol. The first-order valence-electron chi connectivity index (χ1n) is 6.44. The van der Waals surface area contributed by atoms with E-state index in [0.717, 1.165) is 19.2 Å². The van der Waals surface area contributed by atoms with Crippen LogP contribution < -0.4 is 5.32 Å². The van der Waals surface area contributed by atoms with Gasteiger partial charge in [0.15, 0.2) is 5.82 Å². The van der Waals surface area contributed by atoms with Crippen LogP contribution >= 0.6 is 0 Å². The summed E-state index contributed by atoms with van der Waals surface area (Å²) in [7, 11) is 1.58. The first-order valence-corrected chi connectivity index (χ1v) is 6.44. The summed E-state index contributed by atoms with van der Waals surface area (Å²) in [5, 5.41) is 3.20. The zero-order chi connectivity index (χ0) is 14.4. The Morgan fingerprint density at radius 3 is 2.80 bits per heavy atom. The number of hydrogen-bond donors (Lipinski definition) is 1. The largest absolute Gasteiger partial charge is 0.377 e. The lowest BCUT2D eigenvalue weighted by molar-refractivity contribution is 0.178. The normalized spacial score (nSPS) is 10.6. The molecule has 0 spiro atoms. The molecular formula is C14H17FN4O. The van der Waals surface area contributed by atoms with E-state index in [9.17, 15) is 4.39 Å². The molecular weight excluding hydrogens is 259 g/mol. The van der Waals surface area contributed by atoms with Gasteiger partial charge in [0.25, 0.3) is 0 Å². The summed E-state index contributed by atoms with van der Waals surface area (Å²) < 4.78 is 18.3. The summed E-state index contributed by atoms with van der Waals surface area (Å²) in [5.41, 5.74) is 1.24. The van der Waals surface area contributed by atoms with Crippen LogP contribution in [0.4, 0.5) is 10.2 Å². The van der Waals surface area contributed by atoms with Crippen LogP contribution in [0.5, 0.6) is 0 Å². The summed E-state index contributed by atoms with van der Waals surface area (Å²) in [6.45, 7) is 3.18. The van der Waals surface area contributed by atoms with Crippen molar-refractivity contribution in [1.29, 1.82) is 0 Å². The minimum atomic E-state index is -0.391. The summed E-state index contributed by atoms with van der Waals surface area (Å²) in [6, 6.07) is 3.18. The Kier molecular flexibility index (Phi) is 4.95. The smallest absolute Gasteiger partial charge is 0.157 e. The van der Waals surface area contributed by atoms with Gasteiger partial charge in [-0.1, -0.05) is 6.92 Å². The highest BCUT2D eigenvalue weighted by atomic mass is 19.1. The third kappa shape index (κ3) is 3.71. The Morgan fingerprint density at radius 2 is 2.10 bits per heavy atom. The maximum atomic E-state index is 13.3. The summed E-state index contributed by atoms with van der Waals surface area (Å²) in [5.74, 6) is 0.860. The van der Waals surface area contributed by atoms with Gasteiger partial charge in [-0.3, -0.25) is 4.98 Å². The zero-order valence-corrected chi connectivity index (χ0v) is 11.6. The lowest BCUT2D eigenvalue weighted by Crippen LogP contribution is -2.06. The highest BCUT2D eigenvalue weighted by Crippen LogP contribution is 2.20. The van der Waals surface area contributed by atoms with Gasteiger partial charge in [0, 0.05) is 31.5 Å². The van der Waals surface area contributed by atoms with E-state index in [-0.39, 0.29) is 0 Å². The quantitative estimate of drug-likeness (QED) is 0.879. The predicted octanol–water partition coefficient (Wildman–Crippen LogP) is 2.65. The minimum Gasteiger partial charge on any atom is -0.377 e. The Morgan fingerprint density at radius 1 is 1.25 bits per heavy atom. The molecule has 0 aliphatic carbocycles. The van der Waals surface area contributed by atoms with Crippen molar-refractivity contribution in [2.24, 2.45) is 0 Å². The fourth-order valence-electron chi connectivity index (χ4n) is 1.73. The SMILES string of the molecule is CCCNc1cc(-c2cncc(F)c2)nc(COC)n1. The molecule has 0 bridgehead atoms. The molecule has 2 rings (SSSR count). The highest BCUT2D eigenvalue weighted by molar-refractivity contribution is 5.61. The number of halogens is 1. The van der Waals surface area contributed by atoms with Crippen molar-refractivity contribution in [3.05, 3.63) is 36.2 Å². The standard InChI is InChI=1S/C14H17FN4O/c1-3-4-17-13-6-12(18-14(19-13)9-20-2)10-5-11(15)8-16-7-10/h5-8H,3-4,9H2,1-2H3,(H,17,18,19). The van der Waals surface area contributed by atoms with Crippen molar-refractivity contribution in [1.82, 2.24) is 15.0 Å². The Hall–Kier alpha value is -2.08. The third-order valence-corrected chi connectivity index (χ3v) is 2.60. The monoisotopic (exact) mass is 276 g/mol. The van der Waals surface area contributed by atoms with Gasteiger partial charge in [-0.15, -0.1) is 0 Å². The van der Waals surface area contributed by atoms with E-state index in [4.69, 9.17) is 4.74 Å². The molecule has 0 aromatic carbocycles. The van der Waals surface area contributed by atoms with Crippen molar-refractivity contribution in [3.63, 3.8) is 0 Å². The van der Waals surface area contributed by atoms with Gasteiger partial charge in [0.1, 0.15) is 18.2 Å². The fraction of sp³-hybridized carbons (Fsp3) is 0.357. The number of nitrogens with one attached hydrogen (secondary N) is 1. The van der Waals surface area contributed by atoms with Crippen molar-refractivity contribution in [2.75, 3.05) is 19.0 Å². The van der Waals surface area contributed by atoms with E-state index < -0.39 is 5.82 Å². The molecule has 20 heavy (non-hydrogen) atoms. The molecule has 0 amide bonds. The number of ether oxygens (including phenoxy) is 1. The van der Waals surface area contributed by atoms with Gasteiger partial charge in [0.2, 0.25) is 0 Å². The second-order valence-corrected chi connectivity index (χ2v) is 4.31. The molecule has 0 aliphatic heterocycles. The van der Waals surface area contributed by atoms with Crippen molar-refractivity contribution in [3.8, 4) is 11.3 Å². The predicted molar refractivity (Wildman–Crippen MR) is 74.7 cm³/mol. The lowest BCUT2D eigenvalue weighted by atomic mass is 10.2. The molecule has 106 valence electrons. The van der Waals surface area contributed by atoms with Crippen LogP contribution in [0, 0.1) is 5.82 Å². The van der Waals surface area contributed by atoms with Crippen LogP contribution in [0.25, 0.3) is 11.3 Å². The highest BCUT2D eigenvalue weighted by Gasteiger charge is 2.08. The Labute approximate surface area is 117 Å². The Balaban J connectivity index is 2.37. The van der Waals surface area contributed by atoms with Gasteiger partial charge in [-0.25, -0.2) is 14.4 Å². The molecule has 0 radical (unpaired) electrons. The van der Waals surface area contributed by atoms with Crippen molar-refractivity contribution in [2.45, 2.75) is 20.0 Å². The van der Waals surface area contributed by atoms with Gasteiger partial charge in [-0.2, -0.15) is 0 Å². The maximum Gasteiger partial charge on any atom is 0.157 e. The number of anilines is 1. The van der Waals surface area contributed by atoms with Gasteiger partial charge in [-0.05, 0) is 12.5 Å². The second-order valence-electron chi connectivity index (χ2n) is 4.31. The molecule has 0 saturated carbocycles. The topological polar surface area (TPSA) is 59.9 Å². The second kappa shape index (κ2) is 6.91. The van der Waals surface area contributed by atoms with Gasteiger partial charge < -0.3 is 10.1 Å². The summed E-state index contributed by atoms with van der Waals surface area (Å²) in [4.78, 5) is 12.5. The van der Waals surface area contributed by atoms with E-state index in [1.165, 1.54) is 6.07 Å². The first kappa shape index (κ1) is 14.3. The van der Waals surface area contributed by atoms with Crippen LogP contribution in [-0.4, -0.2) is 28.6 Å². The average Bonchev–Trinajstić information content (AvgIpc) is 2.45. The van der Waals surface area contributed by atoms with E-state index in [1.54, 1.807) is 19.4 Å². The van der Waals surface area contributed by atoms with Gasteiger partial charge >= 0.3 is 0 Å². The van der Waals surface area contributed by atoms with E-state index in [1.807, 2.05) is 0 Å².